The van der Waals surface area contributed by atoms with Crippen LogP contribution in [0, 0.1) is 0 Å². The first kappa shape index (κ1) is 24.1. The maximum atomic E-state index is 12.1. The van der Waals surface area contributed by atoms with Gasteiger partial charge >= 0.3 is 5.84 Å². The predicted octanol–water partition coefficient (Wildman–Crippen LogP) is 0.243. The summed E-state index contributed by atoms with van der Waals surface area (Å²) >= 11 is 0. The Labute approximate surface area is 179 Å². The second kappa shape index (κ2) is 10.8. The summed E-state index contributed by atoms with van der Waals surface area (Å²) in [4.78, 5) is 4.48. The van der Waals surface area contributed by atoms with Gasteiger partial charge in [0.15, 0.2) is 0 Å². The number of benzene rings is 1. The van der Waals surface area contributed by atoms with E-state index in [1.54, 1.807) is 6.07 Å². The molecule has 30 heavy (non-hydrogen) atoms. The summed E-state index contributed by atoms with van der Waals surface area (Å²) in [6.45, 7) is 3.07. The van der Waals surface area contributed by atoms with Gasteiger partial charge in [-0.2, -0.15) is 0 Å². The Balaban J connectivity index is 2.17. The van der Waals surface area contributed by atoms with Crippen LogP contribution in [0.4, 0.5) is 0 Å². The van der Waals surface area contributed by atoms with Gasteiger partial charge in [0, 0.05) is 11.8 Å². The molecule has 0 bridgehead atoms. The lowest BCUT2D eigenvalue weighted by Crippen LogP contribution is -2.41. The SMILES string of the molecule is CN(C)CCCN(C)CC1=CCC(c2cccc(S(N)(=O)=O)c2C(=[NH2+])N=NN)CC1. The highest BCUT2D eigenvalue weighted by molar-refractivity contribution is 7.89. The number of allylic oxidation sites excluding steroid dienone is 1. The number of amidine groups is 1. The highest BCUT2D eigenvalue weighted by Crippen LogP contribution is 2.36. The highest BCUT2D eigenvalue weighted by Gasteiger charge is 2.29. The van der Waals surface area contributed by atoms with Crippen LogP contribution in [0.3, 0.4) is 0 Å². The molecule has 1 atom stereocenters. The van der Waals surface area contributed by atoms with Gasteiger partial charge in [-0.3, -0.25) is 11.3 Å². The fraction of sp³-hybridized carbons (Fsp3) is 0.550. The zero-order valence-corrected chi connectivity index (χ0v) is 18.9. The van der Waals surface area contributed by atoms with Gasteiger partial charge in [-0.25, -0.2) is 13.6 Å². The van der Waals surface area contributed by atoms with Crippen molar-refractivity contribution in [1.29, 1.82) is 0 Å². The lowest BCUT2D eigenvalue weighted by molar-refractivity contribution is -0.114. The number of likely N-dealkylation sites (N-methyl/N-ethyl adjacent to an activating group) is 1. The number of sulfonamides is 1. The van der Waals surface area contributed by atoms with Crippen molar-refractivity contribution in [3.63, 3.8) is 0 Å². The summed E-state index contributed by atoms with van der Waals surface area (Å²) in [5.74, 6) is 5.20. The zero-order chi connectivity index (χ0) is 22.3. The van der Waals surface area contributed by atoms with Crippen LogP contribution in [-0.2, 0) is 10.0 Å². The van der Waals surface area contributed by atoms with Gasteiger partial charge in [-0.15, -0.1) is 0 Å². The van der Waals surface area contributed by atoms with E-state index in [1.807, 2.05) is 6.07 Å². The molecule has 9 nitrogen and oxygen atoms in total. The molecular formula is C20H34N7O2S+. The lowest BCUT2D eigenvalue weighted by atomic mass is 9.82. The summed E-state index contributed by atoms with van der Waals surface area (Å²) in [6, 6.07) is 4.99. The molecule has 1 aromatic carbocycles. The van der Waals surface area contributed by atoms with Crippen LogP contribution < -0.4 is 16.4 Å². The Bertz CT molecular complexity index is 910. The molecule has 0 spiro atoms. The number of hydrogen-bond acceptors (Lipinski definition) is 5. The minimum absolute atomic E-state index is 0.0486. The number of nitrogens with zero attached hydrogens (tertiary/aromatic N) is 4. The van der Waals surface area contributed by atoms with Crippen LogP contribution in [0.1, 0.15) is 42.7 Å². The maximum Gasteiger partial charge on any atom is 0.352 e. The Morgan fingerprint density at radius 2 is 2.00 bits per heavy atom. The van der Waals surface area contributed by atoms with Gasteiger partial charge in [-0.1, -0.05) is 23.8 Å². The summed E-state index contributed by atoms with van der Waals surface area (Å²) in [5.41, 5.74) is 2.51. The van der Waals surface area contributed by atoms with E-state index in [0.29, 0.717) is 5.56 Å². The fourth-order valence-electron chi connectivity index (χ4n) is 3.91. The van der Waals surface area contributed by atoms with E-state index in [-0.39, 0.29) is 16.6 Å². The van der Waals surface area contributed by atoms with Gasteiger partial charge in [0.2, 0.25) is 10.0 Å². The van der Waals surface area contributed by atoms with Crippen molar-refractivity contribution in [1.82, 2.24) is 9.80 Å². The molecule has 0 saturated carbocycles. The molecule has 0 aliphatic heterocycles. The van der Waals surface area contributed by atoms with Crippen molar-refractivity contribution in [3.8, 4) is 0 Å². The molecule has 1 aromatic rings. The average Bonchev–Trinajstić information content (AvgIpc) is 2.67. The number of hydrogen-bond donors (Lipinski definition) is 3. The quantitative estimate of drug-likeness (QED) is 0.127. The van der Waals surface area contributed by atoms with Crippen molar-refractivity contribution in [3.05, 3.63) is 41.0 Å². The molecule has 0 fully saturated rings. The van der Waals surface area contributed by atoms with Crippen molar-refractivity contribution >= 4 is 15.9 Å². The molecule has 166 valence electrons. The molecule has 10 heteroatoms. The first-order chi connectivity index (χ1) is 14.1. The highest BCUT2D eigenvalue weighted by atomic mass is 32.2. The Morgan fingerprint density at radius 1 is 1.27 bits per heavy atom. The summed E-state index contributed by atoms with van der Waals surface area (Å²) in [7, 11) is 2.34. The largest absolute Gasteiger partial charge is 0.352 e. The van der Waals surface area contributed by atoms with Crippen molar-refractivity contribution < 1.29 is 13.8 Å². The zero-order valence-electron chi connectivity index (χ0n) is 18.1. The minimum atomic E-state index is -3.97. The Morgan fingerprint density at radius 3 is 2.57 bits per heavy atom. The van der Waals surface area contributed by atoms with Crippen LogP contribution in [0.25, 0.3) is 0 Å². The van der Waals surface area contributed by atoms with Crippen LogP contribution in [0.2, 0.25) is 0 Å². The average molecular weight is 437 g/mol. The summed E-state index contributed by atoms with van der Waals surface area (Å²) in [5, 5.41) is 18.3. The van der Waals surface area contributed by atoms with Crippen LogP contribution in [0.15, 0.2) is 45.1 Å². The molecule has 1 aliphatic carbocycles. The maximum absolute atomic E-state index is 12.1. The van der Waals surface area contributed by atoms with E-state index in [4.69, 9.17) is 16.4 Å². The number of primary sulfonamides is 1. The molecule has 0 radical (unpaired) electrons. The third kappa shape index (κ3) is 6.69. The second-order valence-corrected chi connectivity index (χ2v) is 9.62. The summed E-state index contributed by atoms with van der Waals surface area (Å²) < 4.78 is 24.2. The standard InChI is InChI=1S/C20H33N7O2S/c1-26(2)12-5-13-27(3)14-15-8-10-16(11-9-15)17-6-4-7-18(30(23,28)29)19(17)20(21)24-25-22/h4,6-8,16H,5,9-14H2,1-3H3,(H3,21,22,24)(H2,23,28,29)/p+1. The molecule has 6 N–H and O–H groups in total. The van der Waals surface area contributed by atoms with E-state index < -0.39 is 10.0 Å². The van der Waals surface area contributed by atoms with Gasteiger partial charge in [0.05, 0.1) is 15.6 Å². The minimum Gasteiger partial charge on any atom is -0.309 e. The molecule has 1 unspecified atom stereocenters. The van der Waals surface area contributed by atoms with Crippen LogP contribution in [-0.4, -0.2) is 64.8 Å². The van der Waals surface area contributed by atoms with Crippen molar-refractivity contribution in [2.45, 2.75) is 36.5 Å². The van der Waals surface area contributed by atoms with Gasteiger partial charge < -0.3 is 9.80 Å². The normalized spacial score (nSPS) is 17.7. The van der Waals surface area contributed by atoms with Gasteiger partial charge in [0.25, 0.3) is 0 Å². The van der Waals surface area contributed by atoms with Crippen molar-refractivity contribution in [2.75, 3.05) is 40.8 Å². The smallest absolute Gasteiger partial charge is 0.309 e. The third-order valence-corrected chi connectivity index (χ3v) is 6.30. The molecule has 1 aliphatic rings. The number of nitrogens with two attached hydrogens (primary N) is 3. The lowest BCUT2D eigenvalue weighted by Gasteiger charge is -2.26. The van der Waals surface area contributed by atoms with Gasteiger partial charge in [0.1, 0.15) is 0 Å². The molecule has 2 rings (SSSR count). The first-order valence-corrected chi connectivity index (χ1v) is 11.6. The predicted molar refractivity (Wildman–Crippen MR) is 118 cm³/mol. The molecule has 0 amide bonds. The van der Waals surface area contributed by atoms with E-state index >= 15 is 0 Å². The summed E-state index contributed by atoms with van der Waals surface area (Å²) in [6.07, 6.45) is 6.03. The van der Waals surface area contributed by atoms with E-state index in [9.17, 15) is 8.42 Å². The third-order valence-electron chi connectivity index (χ3n) is 5.35. The van der Waals surface area contributed by atoms with Crippen LogP contribution >= 0.6 is 0 Å². The van der Waals surface area contributed by atoms with Gasteiger partial charge in [-0.05, 0) is 77.5 Å². The van der Waals surface area contributed by atoms with E-state index in [0.717, 1.165) is 50.9 Å². The van der Waals surface area contributed by atoms with Crippen molar-refractivity contribution in [2.24, 2.45) is 21.3 Å². The topological polar surface area (TPSA) is 143 Å². The van der Waals surface area contributed by atoms with E-state index in [2.05, 4.69) is 47.4 Å². The van der Waals surface area contributed by atoms with Crippen LogP contribution in [0.5, 0.6) is 0 Å². The first-order valence-electron chi connectivity index (χ1n) is 10.0. The fourth-order valence-corrected chi connectivity index (χ4v) is 4.68. The second-order valence-electron chi connectivity index (χ2n) is 8.09. The monoisotopic (exact) mass is 436 g/mol. The Kier molecular flexibility index (Phi) is 8.65. The molecular weight excluding hydrogens is 402 g/mol. The molecule has 0 heterocycles. The number of rotatable bonds is 9. The molecule has 0 saturated heterocycles. The Hall–Kier alpha value is -2.14. The molecule has 0 aromatic heterocycles. The van der Waals surface area contributed by atoms with E-state index in [1.165, 1.54) is 11.6 Å².